The SMILES string of the molecule is CC.NC(=O)c1cc(O)cc(O)c1.O=C(O)c1c(O)cccc1O. The molecule has 0 saturated heterocycles. The molecule has 1 amide bonds. The molecule has 2 aromatic rings. The van der Waals surface area contributed by atoms with Crippen LogP contribution in [0.15, 0.2) is 36.4 Å². The third-order valence-electron chi connectivity index (χ3n) is 2.42. The number of amides is 1. The third-order valence-corrected chi connectivity index (χ3v) is 2.42. The van der Waals surface area contributed by atoms with Crippen LogP contribution in [0, 0.1) is 0 Å². The number of benzene rings is 2. The molecule has 2 rings (SSSR count). The van der Waals surface area contributed by atoms with Crippen molar-refractivity contribution < 1.29 is 35.1 Å². The normalized spacial score (nSPS) is 8.92. The molecule has 0 aliphatic rings. The van der Waals surface area contributed by atoms with Crippen molar-refractivity contribution in [1.29, 1.82) is 0 Å². The van der Waals surface area contributed by atoms with Gasteiger partial charge in [0.2, 0.25) is 5.91 Å². The highest BCUT2D eigenvalue weighted by Gasteiger charge is 2.13. The Labute approximate surface area is 138 Å². The zero-order valence-corrected chi connectivity index (χ0v) is 13.1. The van der Waals surface area contributed by atoms with Gasteiger partial charge in [0.15, 0.2) is 0 Å². The van der Waals surface area contributed by atoms with Gasteiger partial charge in [0, 0.05) is 11.6 Å². The van der Waals surface area contributed by atoms with Crippen LogP contribution in [0.5, 0.6) is 23.0 Å². The van der Waals surface area contributed by atoms with E-state index in [1.54, 1.807) is 0 Å². The fraction of sp³-hybridized carbons (Fsp3) is 0.125. The molecule has 0 aliphatic carbocycles. The quantitative estimate of drug-likeness (QED) is 0.488. The molecule has 0 saturated carbocycles. The van der Waals surface area contributed by atoms with Gasteiger partial charge in [-0.25, -0.2) is 4.79 Å². The summed E-state index contributed by atoms with van der Waals surface area (Å²) in [6.45, 7) is 4.00. The van der Waals surface area contributed by atoms with E-state index in [0.29, 0.717) is 0 Å². The second-order valence-electron chi connectivity index (χ2n) is 4.08. The summed E-state index contributed by atoms with van der Waals surface area (Å²) < 4.78 is 0. The average molecular weight is 337 g/mol. The first-order chi connectivity index (χ1) is 11.2. The average Bonchev–Trinajstić information content (AvgIpc) is 2.48. The van der Waals surface area contributed by atoms with Gasteiger partial charge in [0.25, 0.3) is 0 Å². The van der Waals surface area contributed by atoms with Crippen LogP contribution in [-0.2, 0) is 0 Å². The van der Waals surface area contributed by atoms with Crippen LogP contribution in [0.1, 0.15) is 34.6 Å². The van der Waals surface area contributed by atoms with Crippen LogP contribution in [0.25, 0.3) is 0 Å². The predicted octanol–water partition coefficient (Wildman–Crippen LogP) is 2.02. The first-order valence-corrected chi connectivity index (χ1v) is 6.79. The van der Waals surface area contributed by atoms with Gasteiger partial charge in [-0.3, -0.25) is 4.79 Å². The fourth-order valence-electron chi connectivity index (χ4n) is 1.48. The van der Waals surface area contributed by atoms with Gasteiger partial charge in [-0.05, 0) is 24.3 Å². The minimum absolute atomic E-state index is 0.0856. The maximum atomic E-state index is 10.5. The molecule has 0 atom stereocenters. The van der Waals surface area contributed by atoms with E-state index < -0.39 is 28.9 Å². The molecule has 24 heavy (non-hydrogen) atoms. The van der Waals surface area contributed by atoms with Gasteiger partial charge < -0.3 is 31.3 Å². The standard InChI is InChI=1S/C7H7NO3.C7H6O4.C2H6/c8-7(11)4-1-5(9)3-6(10)2-4;8-4-2-1-3-5(9)6(4)7(10)11;1-2/h1-3,9-10H,(H2,8,11);1-3,8-9H,(H,10,11);1-2H3. The molecule has 0 fully saturated rings. The number of carbonyl (C=O) groups excluding carboxylic acids is 1. The fourth-order valence-corrected chi connectivity index (χ4v) is 1.48. The highest BCUT2D eigenvalue weighted by molar-refractivity contribution is 5.94. The summed E-state index contributed by atoms with van der Waals surface area (Å²) in [7, 11) is 0. The molecule has 8 heteroatoms. The van der Waals surface area contributed by atoms with Crippen molar-refractivity contribution in [2.75, 3.05) is 0 Å². The van der Waals surface area contributed by atoms with Gasteiger partial charge in [-0.2, -0.15) is 0 Å². The maximum Gasteiger partial charge on any atom is 0.343 e. The number of carboxylic acids is 1. The van der Waals surface area contributed by atoms with Crippen molar-refractivity contribution in [1.82, 2.24) is 0 Å². The molecule has 0 radical (unpaired) electrons. The lowest BCUT2D eigenvalue weighted by atomic mass is 10.2. The van der Waals surface area contributed by atoms with Gasteiger partial charge in [-0.1, -0.05) is 19.9 Å². The van der Waals surface area contributed by atoms with Gasteiger partial charge in [0.05, 0.1) is 0 Å². The molecule has 7 N–H and O–H groups in total. The minimum atomic E-state index is -1.35. The lowest BCUT2D eigenvalue weighted by molar-refractivity contribution is 0.0690. The second kappa shape index (κ2) is 9.57. The summed E-state index contributed by atoms with van der Waals surface area (Å²) in [6, 6.07) is 7.24. The zero-order valence-electron chi connectivity index (χ0n) is 13.1. The minimum Gasteiger partial charge on any atom is -0.508 e. The largest absolute Gasteiger partial charge is 0.508 e. The van der Waals surface area contributed by atoms with Crippen LogP contribution in [0.3, 0.4) is 0 Å². The lowest BCUT2D eigenvalue weighted by Gasteiger charge is -1.99. The number of primary amides is 1. The van der Waals surface area contributed by atoms with Crippen molar-refractivity contribution in [3.63, 3.8) is 0 Å². The lowest BCUT2D eigenvalue weighted by Crippen LogP contribution is -2.10. The zero-order chi connectivity index (χ0) is 18.9. The third kappa shape index (κ3) is 6.14. The molecule has 0 aromatic heterocycles. The Morgan fingerprint density at radius 3 is 1.58 bits per heavy atom. The molecule has 8 nitrogen and oxygen atoms in total. The summed E-state index contributed by atoms with van der Waals surface area (Å²) in [5, 5.41) is 44.0. The Bertz CT molecular complexity index is 673. The predicted molar refractivity (Wildman–Crippen MR) is 86.4 cm³/mol. The second-order valence-corrected chi connectivity index (χ2v) is 4.08. The van der Waals surface area contributed by atoms with E-state index in [2.05, 4.69) is 0 Å². The van der Waals surface area contributed by atoms with Crippen molar-refractivity contribution in [2.24, 2.45) is 5.73 Å². The van der Waals surface area contributed by atoms with E-state index >= 15 is 0 Å². The van der Waals surface area contributed by atoms with E-state index in [0.717, 1.165) is 6.07 Å². The molecule has 2 aromatic carbocycles. The number of phenols is 4. The monoisotopic (exact) mass is 337 g/mol. The molecule has 0 spiro atoms. The van der Waals surface area contributed by atoms with Gasteiger partial charge in [-0.15, -0.1) is 0 Å². The Balaban J connectivity index is 0.000000400. The number of carboxylic acid groups (broad SMARTS) is 1. The summed E-state index contributed by atoms with van der Waals surface area (Å²) in [6.07, 6.45) is 0. The summed E-state index contributed by atoms with van der Waals surface area (Å²) in [5.41, 5.74) is 4.51. The number of hydrogen-bond acceptors (Lipinski definition) is 6. The summed E-state index contributed by atoms with van der Waals surface area (Å²) in [5.74, 6) is -3.26. The van der Waals surface area contributed by atoms with Gasteiger partial charge >= 0.3 is 5.97 Å². The number of carbonyl (C=O) groups is 2. The van der Waals surface area contributed by atoms with Crippen LogP contribution >= 0.6 is 0 Å². The number of rotatable bonds is 2. The Hall–Kier alpha value is -3.42. The molecule has 130 valence electrons. The summed E-state index contributed by atoms with van der Waals surface area (Å²) in [4.78, 5) is 20.8. The van der Waals surface area contributed by atoms with Crippen LogP contribution in [0.4, 0.5) is 0 Å². The van der Waals surface area contributed by atoms with Crippen LogP contribution < -0.4 is 5.73 Å². The van der Waals surface area contributed by atoms with Crippen molar-refractivity contribution >= 4 is 11.9 Å². The van der Waals surface area contributed by atoms with E-state index in [9.17, 15) is 9.59 Å². The molecule has 0 aliphatic heterocycles. The Morgan fingerprint density at radius 2 is 1.29 bits per heavy atom. The molecule has 0 bridgehead atoms. The number of aromatic carboxylic acids is 1. The van der Waals surface area contributed by atoms with E-state index in [1.165, 1.54) is 30.3 Å². The maximum absolute atomic E-state index is 10.5. The molecular formula is C16H19NO7. The van der Waals surface area contributed by atoms with E-state index in [1.807, 2.05) is 13.8 Å². The van der Waals surface area contributed by atoms with Crippen LogP contribution in [0.2, 0.25) is 0 Å². The molecule has 0 unspecified atom stereocenters. The van der Waals surface area contributed by atoms with Crippen molar-refractivity contribution in [3.05, 3.63) is 47.5 Å². The number of nitrogens with two attached hydrogens (primary N) is 1. The Kier molecular flexibility index (Phi) is 8.20. The van der Waals surface area contributed by atoms with E-state index in [-0.39, 0.29) is 17.1 Å². The number of phenolic OH excluding ortho intramolecular Hbond substituents is 2. The highest BCUT2D eigenvalue weighted by Crippen LogP contribution is 2.25. The first-order valence-electron chi connectivity index (χ1n) is 6.79. The first kappa shape index (κ1) is 20.6. The summed E-state index contributed by atoms with van der Waals surface area (Å²) >= 11 is 0. The molecular weight excluding hydrogens is 318 g/mol. The molecule has 0 heterocycles. The van der Waals surface area contributed by atoms with E-state index in [4.69, 9.17) is 31.3 Å². The smallest absolute Gasteiger partial charge is 0.343 e. The van der Waals surface area contributed by atoms with Gasteiger partial charge in [0.1, 0.15) is 28.6 Å². The van der Waals surface area contributed by atoms with Crippen molar-refractivity contribution in [2.45, 2.75) is 13.8 Å². The van der Waals surface area contributed by atoms with Crippen molar-refractivity contribution in [3.8, 4) is 23.0 Å². The highest BCUT2D eigenvalue weighted by atomic mass is 16.4. The Morgan fingerprint density at radius 1 is 0.875 bits per heavy atom. The number of aromatic hydroxyl groups is 4. The number of hydrogen-bond donors (Lipinski definition) is 6. The van der Waals surface area contributed by atoms with Crippen LogP contribution in [-0.4, -0.2) is 37.4 Å². The topological polar surface area (TPSA) is 161 Å².